The molecule has 16 heavy (non-hydrogen) atoms. The molecule has 0 bridgehead atoms. The fraction of sp³-hybridized carbons (Fsp3) is 0.462. The first-order valence-electron chi connectivity index (χ1n) is 5.65. The fourth-order valence-corrected chi connectivity index (χ4v) is 2.38. The van der Waals surface area contributed by atoms with Crippen molar-refractivity contribution in [1.29, 1.82) is 0 Å². The molecule has 1 saturated heterocycles. The van der Waals surface area contributed by atoms with Gasteiger partial charge in [0, 0.05) is 20.3 Å². The van der Waals surface area contributed by atoms with Gasteiger partial charge in [-0.05, 0) is 18.4 Å². The Morgan fingerprint density at radius 2 is 1.88 bits per heavy atom. The maximum atomic E-state index is 6.11. The minimum Gasteiger partial charge on any atom is -0.387 e. The molecule has 0 spiro atoms. The number of benzene rings is 1. The van der Waals surface area contributed by atoms with Gasteiger partial charge in [-0.3, -0.25) is 4.99 Å². The van der Waals surface area contributed by atoms with Crippen LogP contribution in [0.2, 0.25) is 0 Å². The van der Waals surface area contributed by atoms with Crippen LogP contribution in [0.25, 0.3) is 0 Å². The van der Waals surface area contributed by atoms with Gasteiger partial charge < -0.3 is 10.5 Å². The quantitative estimate of drug-likeness (QED) is 0.607. The third kappa shape index (κ3) is 1.83. The van der Waals surface area contributed by atoms with Crippen LogP contribution in [0.15, 0.2) is 35.3 Å². The summed E-state index contributed by atoms with van der Waals surface area (Å²) in [5, 5.41) is 0. The highest BCUT2D eigenvalue weighted by Crippen LogP contribution is 2.34. The standard InChI is InChI=1S/C13H18N2O/c1-15-12(14)13(7-9-16-10-8-13)11-5-3-2-4-6-11/h2-6H,7-10H2,1H3,(H2,14,15). The van der Waals surface area contributed by atoms with E-state index in [0.717, 1.165) is 31.9 Å². The molecule has 1 heterocycles. The molecule has 2 N–H and O–H groups in total. The van der Waals surface area contributed by atoms with Gasteiger partial charge in [0.05, 0.1) is 5.41 Å². The summed E-state index contributed by atoms with van der Waals surface area (Å²) >= 11 is 0. The molecular formula is C13H18N2O. The Hall–Kier alpha value is -1.35. The van der Waals surface area contributed by atoms with Gasteiger partial charge in [0.2, 0.25) is 0 Å². The summed E-state index contributed by atoms with van der Waals surface area (Å²) in [5.74, 6) is 0.724. The average Bonchev–Trinajstić information content (AvgIpc) is 2.39. The zero-order valence-corrected chi connectivity index (χ0v) is 9.65. The summed E-state index contributed by atoms with van der Waals surface area (Å²) in [6.45, 7) is 1.51. The van der Waals surface area contributed by atoms with Crippen LogP contribution in [0.3, 0.4) is 0 Å². The van der Waals surface area contributed by atoms with Crippen LogP contribution in [0, 0.1) is 0 Å². The average molecular weight is 218 g/mol. The first-order valence-corrected chi connectivity index (χ1v) is 5.65. The van der Waals surface area contributed by atoms with Gasteiger partial charge in [-0.1, -0.05) is 30.3 Å². The number of hydrogen-bond acceptors (Lipinski definition) is 2. The van der Waals surface area contributed by atoms with Crippen molar-refractivity contribution in [1.82, 2.24) is 0 Å². The first kappa shape index (κ1) is 11.1. The number of ether oxygens (including phenoxy) is 1. The molecule has 1 aromatic carbocycles. The normalized spacial score (nSPS) is 20.7. The maximum absolute atomic E-state index is 6.11. The Labute approximate surface area is 96.3 Å². The van der Waals surface area contributed by atoms with Crippen molar-refractivity contribution in [3.63, 3.8) is 0 Å². The van der Waals surface area contributed by atoms with Crippen molar-refractivity contribution in [2.45, 2.75) is 18.3 Å². The highest BCUT2D eigenvalue weighted by atomic mass is 16.5. The van der Waals surface area contributed by atoms with Gasteiger partial charge in [0.25, 0.3) is 0 Å². The van der Waals surface area contributed by atoms with Crippen LogP contribution >= 0.6 is 0 Å². The Morgan fingerprint density at radius 3 is 2.44 bits per heavy atom. The first-order chi connectivity index (χ1) is 7.79. The van der Waals surface area contributed by atoms with Crippen LogP contribution in [0.4, 0.5) is 0 Å². The molecule has 86 valence electrons. The second-order valence-electron chi connectivity index (χ2n) is 4.17. The van der Waals surface area contributed by atoms with Crippen LogP contribution in [-0.4, -0.2) is 26.1 Å². The predicted octanol–water partition coefficient (Wildman–Crippen LogP) is 1.72. The van der Waals surface area contributed by atoms with E-state index >= 15 is 0 Å². The maximum Gasteiger partial charge on any atom is 0.104 e. The molecule has 3 heteroatoms. The van der Waals surface area contributed by atoms with Crippen molar-refractivity contribution in [3.8, 4) is 0 Å². The molecule has 1 aliphatic heterocycles. The molecular weight excluding hydrogens is 200 g/mol. The van der Waals surface area contributed by atoms with Gasteiger partial charge in [0.1, 0.15) is 5.84 Å². The van der Waals surface area contributed by atoms with Crippen molar-refractivity contribution in [3.05, 3.63) is 35.9 Å². The van der Waals surface area contributed by atoms with Gasteiger partial charge >= 0.3 is 0 Å². The van der Waals surface area contributed by atoms with E-state index in [1.165, 1.54) is 5.56 Å². The smallest absolute Gasteiger partial charge is 0.104 e. The summed E-state index contributed by atoms with van der Waals surface area (Å²) in [7, 11) is 1.76. The lowest BCUT2D eigenvalue weighted by atomic mass is 9.73. The molecule has 0 aliphatic carbocycles. The van der Waals surface area contributed by atoms with Gasteiger partial charge in [-0.25, -0.2) is 0 Å². The van der Waals surface area contributed by atoms with E-state index in [9.17, 15) is 0 Å². The molecule has 0 aromatic heterocycles. The lowest BCUT2D eigenvalue weighted by Crippen LogP contribution is -2.45. The SMILES string of the molecule is CN=C(N)C1(c2ccccc2)CCOCC1. The van der Waals surface area contributed by atoms with Crippen LogP contribution in [-0.2, 0) is 10.2 Å². The number of hydrogen-bond donors (Lipinski definition) is 1. The number of nitrogens with zero attached hydrogens (tertiary/aromatic N) is 1. The topological polar surface area (TPSA) is 47.6 Å². The fourth-order valence-electron chi connectivity index (χ4n) is 2.38. The number of aliphatic imine (C=N–C) groups is 1. The highest BCUT2D eigenvalue weighted by molar-refractivity contribution is 5.91. The summed E-state index contributed by atoms with van der Waals surface area (Å²) < 4.78 is 5.43. The van der Waals surface area contributed by atoms with E-state index < -0.39 is 0 Å². The van der Waals surface area contributed by atoms with Crippen molar-refractivity contribution in [2.75, 3.05) is 20.3 Å². The van der Waals surface area contributed by atoms with Crippen LogP contribution < -0.4 is 5.73 Å². The van der Waals surface area contributed by atoms with Gasteiger partial charge in [-0.2, -0.15) is 0 Å². The Bertz CT molecular complexity index is 367. The lowest BCUT2D eigenvalue weighted by Gasteiger charge is -2.37. The molecule has 2 rings (SSSR count). The molecule has 0 amide bonds. The Balaban J connectivity index is 2.42. The summed E-state index contributed by atoms with van der Waals surface area (Å²) in [6, 6.07) is 10.4. The molecule has 1 fully saturated rings. The molecule has 0 unspecified atom stereocenters. The second-order valence-corrected chi connectivity index (χ2v) is 4.17. The third-order valence-electron chi connectivity index (χ3n) is 3.40. The van der Waals surface area contributed by atoms with Crippen molar-refractivity contribution < 1.29 is 4.74 Å². The Kier molecular flexibility index (Phi) is 3.25. The minimum absolute atomic E-state index is 0.117. The van der Waals surface area contributed by atoms with Gasteiger partial charge in [-0.15, -0.1) is 0 Å². The third-order valence-corrected chi connectivity index (χ3v) is 3.40. The minimum atomic E-state index is -0.117. The largest absolute Gasteiger partial charge is 0.387 e. The van der Waals surface area contributed by atoms with Crippen LogP contribution in [0.5, 0.6) is 0 Å². The molecule has 0 saturated carbocycles. The van der Waals surface area contributed by atoms with Crippen molar-refractivity contribution >= 4 is 5.84 Å². The van der Waals surface area contributed by atoms with E-state index in [1.807, 2.05) is 6.07 Å². The lowest BCUT2D eigenvalue weighted by molar-refractivity contribution is 0.0705. The summed E-state index contributed by atoms with van der Waals surface area (Å²) in [6.07, 6.45) is 1.83. The molecule has 1 aromatic rings. The molecule has 0 atom stereocenters. The number of rotatable bonds is 2. The van der Waals surface area contributed by atoms with E-state index in [2.05, 4.69) is 29.3 Å². The molecule has 3 nitrogen and oxygen atoms in total. The summed E-state index contributed by atoms with van der Waals surface area (Å²) in [4.78, 5) is 4.20. The Morgan fingerprint density at radius 1 is 1.25 bits per heavy atom. The van der Waals surface area contributed by atoms with E-state index in [0.29, 0.717) is 0 Å². The summed E-state index contributed by atoms with van der Waals surface area (Å²) in [5.41, 5.74) is 7.24. The molecule has 0 radical (unpaired) electrons. The van der Waals surface area contributed by atoms with E-state index in [1.54, 1.807) is 7.05 Å². The monoisotopic (exact) mass is 218 g/mol. The van der Waals surface area contributed by atoms with E-state index in [-0.39, 0.29) is 5.41 Å². The zero-order valence-electron chi connectivity index (χ0n) is 9.65. The van der Waals surface area contributed by atoms with Crippen LogP contribution in [0.1, 0.15) is 18.4 Å². The van der Waals surface area contributed by atoms with Crippen molar-refractivity contribution in [2.24, 2.45) is 10.7 Å². The second kappa shape index (κ2) is 4.66. The predicted molar refractivity (Wildman–Crippen MR) is 65.7 cm³/mol. The van der Waals surface area contributed by atoms with E-state index in [4.69, 9.17) is 10.5 Å². The highest BCUT2D eigenvalue weighted by Gasteiger charge is 2.37. The van der Waals surface area contributed by atoms with Gasteiger partial charge in [0.15, 0.2) is 0 Å². The molecule has 1 aliphatic rings. The number of amidine groups is 1. The number of nitrogens with two attached hydrogens (primary N) is 1. The zero-order chi connectivity index (χ0) is 11.4.